The van der Waals surface area contributed by atoms with Crippen LogP contribution in [-0.4, -0.2) is 19.2 Å². The fraction of sp³-hybridized carbons (Fsp3) is 0.308. The molecule has 1 aromatic heterocycles. The molecule has 0 N–H and O–H groups in total. The Labute approximate surface area is 114 Å². The van der Waals surface area contributed by atoms with Gasteiger partial charge in [0.2, 0.25) is 0 Å². The number of hydrogen-bond acceptors (Lipinski definition) is 4. The first-order valence-electron chi connectivity index (χ1n) is 5.68. The van der Waals surface area contributed by atoms with Crippen LogP contribution in [0.5, 0.6) is 5.75 Å². The average Bonchev–Trinajstić information content (AvgIpc) is 2.74. The predicted molar refractivity (Wildman–Crippen MR) is 74.0 cm³/mol. The van der Waals surface area contributed by atoms with E-state index in [1.807, 2.05) is 18.4 Å². The van der Waals surface area contributed by atoms with Gasteiger partial charge in [-0.2, -0.15) is 0 Å². The van der Waals surface area contributed by atoms with Gasteiger partial charge < -0.3 is 9.47 Å². The summed E-state index contributed by atoms with van der Waals surface area (Å²) in [7, 11) is 0. The predicted octanol–water partition coefficient (Wildman–Crippen LogP) is 4.13. The lowest BCUT2D eigenvalue weighted by molar-refractivity contribution is 0.0527. The van der Waals surface area contributed by atoms with Crippen LogP contribution in [0.25, 0.3) is 10.1 Å². The van der Waals surface area contributed by atoms with Crippen molar-refractivity contribution in [2.45, 2.75) is 13.8 Å². The van der Waals surface area contributed by atoms with Crippen molar-refractivity contribution in [3.05, 3.63) is 28.1 Å². The maximum Gasteiger partial charge on any atom is 0.339 e. The van der Waals surface area contributed by atoms with Crippen molar-refractivity contribution in [2.75, 3.05) is 13.2 Å². The molecule has 0 atom stereocenters. The summed E-state index contributed by atoms with van der Waals surface area (Å²) in [4.78, 5) is 11.8. The van der Waals surface area contributed by atoms with Crippen LogP contribution in [0.15, 0.2) is 17.5 Å². The van der Waals surface area contributed by atoms with Crippen LogP contribution in [0, 0.1) is 0 Å². The second-order valence-electron chi connectivity index (χ2n) is 3.55. The molecule has 2 aromatic rings. The number of thiophene rings is 1. The van der Waals surface area contributed by atoms with E-state index in [9.17, 15) is 4.79 Å². The Bertz CT molecular complexity index is 577. The topological polar surface area (TPSA) is 35.5 Å². The number of hydrogen-bond donors (Lipinski definition) is 0. The van der Waals surface area contributed by atoms with E-state index in [0.717, 1.165) is 10.1 Å². The highest BCUT2D eigenvalue weighted by atomic mass is 35.5. The molecule has 0 saturated carbocycles. The summed E-state index contributed by atoms with van der Waals surface area (Å²) in [5.74, 6) is 0.312. The molecule has 1 aromatic carbocycles. The quantitative estimate of drug-likeness (QED) is 0.792. The molecule has 0 fully saturated rings. The zero-order chi connectivity index (χ0) is 13.1. The molecule has 0 aliphatic heterocycles. The number of fused-ring (bicyclic) bond motifs is 1. The van der Waals surface area contributed by atoms with E-state index < -0.39 is 5.97 Å². The van der Waals surface area contributed by atoms with Crippen LogP contribution in [0.4, 0.5) is 0 Å². The first-order chi connectivity index (χ1) is 8.69. The van der Waals surface area contributed by atoms with Crippen molar-refractivity contribution < 1.29 is 14.3 Å². The third kappa shape index (κ3) is 2.31. The van der Waals surface area contributed by atoms with Crippen molar-refractivity contribution in [3.8, 4) is 5.75 Å². The molecule has 0 amide bonds. The molecule has 0 bridgehead atoms. The van der Waals surface area contributed by atoms with E-state index in [-0.39, 0.29) is 0 Å². The number of ether oxygens (including phenoxy) is 2. The SMILES string of the molecule is CCOC(=O)c1ccc2scc(OCC)c2c1Cl. The third-order valence-electron chi connectivity index (χ3n) is 2.44. The summed E-state index contributed by atoms with van der Waals surface area (Å²) >= 11 is 7.82. The van der Waals surface area contributed by atoms with Gasteiger partial charge in [0.25, 0.3) is 0 Å². The van der Waals surface area contributed by atoms with Gasteiger partial charge in [-0.25, -0.2) is 4.79 Å². The summed E-state index contributed by atoms with van der Waals surface area (Å²) in [5.41, 5.74) is 0.380. The first kappa shape index (κ1) is 13.2. The van der Waals surface area contributed by atoms with Crippen molar-refractivity contribution in [1.82, 2.24) is 0 Å². The monoisotopic (exact) mass is 284 g/mol. The van der Waals surface area contributed by atoms with Crippen LogP contribution in [0.2, 0.25) is 5.02 Å². The van der Waals surface area contributed by atoms with Crippen molar-refractivity contribution in [3.63, 3.8) is 0 Å². The summed E-state index contributed by atoms with van der Waals surface area (Å²) < 4.78 is 11.5. The number of carbonyl (C=O) groups is 1. The number of esters is 1. The highest BCUT2D eigenvalue weighted by Gasteiger charge is 2.17. The minimum absolute atomic E-state index is 0.329. The number of carbonyl (C=O) groups excluding carboxylic acids is 1. The molecule has 2 rings (SSSR count). The van der Waals surface area contributed by atoms with Crippen LogP contribution in [0.1, 0.15) is 24.2 Å². The fourth-order valence-corrected chi connectivity index (χ4v) is 2.97. The van der Waals surface area contributed by atoms with Crippen molar-refractivity contribution in [2.24, 2.45) is 0 Å². The molecule has 5 heteroatoms. The highest BCUT2D eigenvalue weighted by Crippen LogP contribution is 2.39. The second-order valence-corrected chi connectivity index (χ2v) is 4.84. The minimum atomic E-state index is -0.405. The van der Waals surface area contributed by atoms with E-state index in [2.05, 4.69) is 0 Å². The largest absolute Gasteiger partial charge is 0.492 e. The lowest BCUT2D eigenvalue weighted by Gasteiger charge is -2.07. The van der Waals surface area contributed by atoms with Crippen LogP contribution < -0.4 is 4.74 Å². The summed E-state index contributed by atoms with van der Waals surface area (Å²) in [5, 5.41) is 3.08. The molecule has 3 nitrogen and oxygen atoms in total. The Kier molecular flexibility index (Phi) is 4.09. The Morgan fingerprint density at radius 2 is 2.11 bits per heavy atom. The van der Waals surface area contributed by atoms with Gasteiger partial charge in [0, 0.05) is 10.1 Å². The van der Waals surface area contributed by atoms with Gasteiger partial charge in [-0.05, 0) is 26.0 Å². The van der Waals surface area contributed by atoms with Crippen molar-refractivity contribution >= 4 is 39.0 Å². The van der Waals surface area contributed by atoms with Crippen LogP contribution >= 0.6 is 22.9 Å². The lowest BCUT2D eigenvalue weighted by atomic mass is 10.1. The van der Waals surface area contributed by atoms with Gasteiger partial charge in [0.15, 0.2) is 0 Å². The van der Waals surface area contributed by atoms with Gasteiger partial charge in [-0.3, -0.25) is 0 Å². The molecule has 0 aliphatic rings. The van der Waals surface area contributed by atoms with E-state index >= 15 is 0 Å². The lowest BCUT2D eigenvalue weighted by Crippen LogP contribution is -2.05. The first-order valence-corrected chi connectivity index (χ1v) is 6.94. The van der Waals surface area contributed by atoms with E-state index in [4.69, 9.17) is 21.1 Å². The van der Waals surface area contributed by atoms with E-state index in [1.165, 1.54) is 0 Å². The number of halogens is 1. The molecule has 0 spiro atoms. The minimum Gasteiger partial charge on any atom is -0.492 e. The molecular formula is C13H13ClO3S. The smallest absolute Gasteiger partial charge is 0.339 e. The van der Waals surface area contributed by atoms with Crippen LogP contribution in [0.3, 0.4) is 0 Å². The summed E-state index contributed by atoms with van der Waals surface area (Å²) in [6.45, 7) is 4.56. The molecule has 1 heterocycles. The second kappa shape index (κ2) is 5.59. The number of rotatable bonds is 4. The molecule has 96 valence electrons. The Morgan fingerprint density at radius 3 is 2.78 bits per heavy atom. The maximum atomic E-state index is 11.8. The third-order valence-corrected chi connectivity index (χ3v) is 3.76. The van der Waals surface area contributed by atoms with Gasteiger partial charge in [0.05, 0.1) is 29.2 Å². The van der Waals surface area contributed by atoms with E-state index in [1.54, 1.807) is 24.3 Å². The van der Waals surface area contributed by atoms with Crippen LogP contribution in [-0.2, 0) is 4.74 Å². The Balaban J connectivity index is 2.54. The van der Waals surface area contributed by atoms with Gasteiger partial charge in [0.1, 0.15) is 5.75 Å². The Hall–Kier alpha value is -1.26. The number of benzene rings is 1. The van der Waals surface area contributed by atoms with Gasteiger partial charge in [-0.15, -0.1) is 11.3 Å². The zero-order valence-electron chi connectivity index (χ0n) is 10.2. The van der Waals surface area contributed by atoms with Gasteiger partial charge in [-0.1, -0.05) is 11.6 Å². The van der Waals surface area contributed by atoms with Gasteiger partial charge >= 0.3 is 5.97 Å². The molecule has 18 heavy (non-hydrogen) atoms. The Morgan fingerprint density at radius 1 is 1.33 bits per heavy atom. The molecule has 0 saturated heterocycles. The standard InChI is InChI=1S/C13H13ClO3S/c1-3-16-9-7-18-10-6-5-8(12(14)11(9)10)13(15)17-4-2/h5-7H,3-4H2,1-2H3. The van der Waals surface area contributed by atoms with E-state index in [0.29, 0.717) is 29.5 Å². The molecular weight excluding hydrogens is 272 g/mol. The summed E-state index contributed by atoms with van der Waals surface area (Å²) in [6.07, 6.45) is 0. The molecule has 0 radical (unpaired) electrons. The molecule has 0 aliphatic carbocycles. The molecule has 0 unspecified atom stereocenters. The average molecular weight is 285 g/mol. The normalized spacial score (nSPS) is 10.6. The summed E-state index contributed by atoms with van der Waals surface area (Å²) in [6, 6.07) is 3.55. The van der Waals surface area contributed by atoms with Crippen molar-refractivity contribution in [1.29, 1.82) is 0 Å². The highest BCUT2D eigenvalue weighted by molar-refractivity contribution is 7.17. The zero-order valence-corrected chi connectivity index (χ0v) is 11.7. The maximum absolute atomic E-state index is 11.8. The fourth-order valence-electron chi connectivity index (χ4n) is 1.69.